The standard InChI is InChI=1S/C12H16N2O/c1-2-12(15)14-11-5-3-4-10(8-11)13-9-6-7-9/h3-5,8-9,13H,2,6-7H2,1H3,(H,14,15). The molecule has 0 radical (unpaired) electrons. The van der Waals surface area contributed by atoms with Crippen molar-refractivity contribution in [2.45, 2.75) is 32.2 Å². The van der Waals surface area contributed by atoms with Crippen LogP contribution in [0.4, 0.5) is 11.4 Å². The first kappa shape index (κ1) is 10.0. The first-order valence-corrected chi connectivity index (χ1v) is 5.44. The first-order valence-electron chi connectivity index (χ1n) is 5.44. The summed E-state index contributed by atoms with van der Waals surface area (Å²) in [6, 6.07) is 8.51. The number of carbonyl (C=O) groups excluding carboxylic acids is 1. The predicted octanol–water partition coefficient (Wildman–Crippen LogP) is 2.61. The van der Waals surface area contributed by atoms with Crippen molar-refractivity contribution in [2.24, 2.45) is 0 Å². The molecule has 0 aliphatic heterocycles. The van der Waals surface area contributed by atoms with Gasteiger partial charge in [-0.15, -0.1) is 0 Å². The molecule has 1 aliphatic carbocycles. The van der Waals surface area contributed by atoms with Gasteiger partial charge in [-0.2, -0.15) is 0 Å². The van der Waals surface area contributed by atoms with Crippen molar-refractivity contribution in [3.05, 3.63) is 24.3 Å². The smallest absolute Gasteiger partial charge is 0.224 e. The third-order valence-corrected chi connectivity index (χ3v) is 2.42. The van der Waals surface area contributed by atoms with Crippen molar-refractivity contribution in [3.8, 4) is 0 Å². The minimum Gasteiger partial charge on any atom is -0.382 e. The van der Waals surface area contributed by atoms with E-state index >= 15 is 0 Å². The van der Waals surface area contributed by atoms with E-state index in [2.05, 4.69) is 10.6 Å². The van der Waals surface area contributed by atoms with Gasteiger partial charge in [-0.25, -0.2) is 0 Å². The number of amides is 1. The van der Waals surface area contributed by atoms with Crippen molar-refractivity contribution < 1.29 is 4.79 Å². The SMILES string of the molecule is CCC(=O)Nc1cccc(NC2CC2)c1. The molecule has 1 saturated carbocycles. The van der Waals surface area contributed by atoms with Gasteiger partial charge in [0.1, 0.15) is 0 Å². The van der Waals surface area contributed by atoms with E-state index in [1.54, 1.807) is 0 Å². The Kier molecular flexibility index (Phi) is 2.90. The summed E-state index contributed by atoms with van der Waals surface area (Å²) in [6.07, 6.45) is 3.03. The van der Waals surface area contributed by atoms with E-state index in [-0.39, 0.29) is 5.91 Å². The monoisotopic (exact) mass is 204 g/mol. The van der Waals surface area contributed by atoms with E-state index in [1.807, 2.05) is 31.2 Å². The van der Waals surface area contributed by atoms with Crippen LogP contribution in [0.25, 0.3) is 0 Å². The molecular formula is C12H16N2O. The highest BCUT2D eigenvalue weighted by Crippen LogP contribution is 2.25. The first-order chi connectivity index (χ1) is 7.28. The van der Waals surface area contributed by atoms with Gasteiger partial charge in [0.15, 0.2) is 0 Å². The van der Waals surface area contributed by atoms with Crippen molar-refractivity contribution in [1.82, 2.24) is 0 Å². The normalized spacial score (nSPS) is 14.7. The average molecular weight is 204 g/mol. The van der Waals surface area contributed by atoms with Crippen LogP contribution < -0.4 is 10.6 Å². The highest BCUT2D eigenvalue weighted by Gasteiger charge is 2.20. The van der Waals surface area contributed by atoms with Crippen molar-refractivity contribution in [3.63, 3.8) is 0 Å². The van der Waals surface area contributed by atoms with Crippen LogP contribution >= 0.6 is 0 Å². The van der Waals surface area contributed by atoms with E-state index in [9.17, 15) is 4.79 Å². The number of anilines is 2. The molecule has 15 heavy (non-hydrogen) atoms. The molecule has 1 aromatic carbocycles. The Morgan fingerprint density at radius 1 is 1.40 bits per heavy atom. The molecule has 2 rings (SSSR count). The summed E-state index contributed by atoms with van der Waals surface area (Å²) in [4.78, 5) is 11.2. The highest BCUT2D eigenvalue weighted by molar-refractivity contribution is 5.90. The van der Waals surface area contributed by atoms with E-state index in [0.29, 0.717) is 12.5 Å². The lowest BCUT2D eigenvalue weighted by molar-refractivity contribution is -0.115. The highest BCUT2D eigenvalue weighted by atomic mass is 16.1. The number of benzene rings is 1. The number of nitrogens with one attached hydrogen (secondary N) is 2. The predicted molar refractivity (Wildman–Crippen MR) is 62.0 cm³/mol. The minimum absolute atomic E-state index is 0.0542. The van der Waals surface area contributed by atoms with Crippen LogP contribution in [0.15, 0.2) is 24.3 Å². The molecule has 1 aliphatic rings. The second kappa shape index (κ2) is 4.34. The molecule has 1 fully saturated rings. The molecule has 0 aromatic heterocycles. The summed E-state index contributed by atoms with van der Waals surface area (Å²) in [6.45, 7) is 1.85. The zero-order chi connectivity index (χ0) is 10.7. The molecule has 0 heterocycles. The van der Waals surface area contributed by atoms with Gasteiger partial charge in [0, 0.05) is 23.8 Å². The van der Waals surface area contributed by atoms with Crippen LogP contribution in [0, 0.1) is 0 Å². The van der Waals surface area contributed by atoms with Crippen molar-refractivity contribution in [1.29, 1.82) is 0 Å². The quantitative estimate of drug-likeness (QED) is 0.791. The molecule has 1 aromatic rings. The molecular weight excluding hydrogens is 188 g/mol. The van der Waals surface area contributed by atoms with E-state index in [4.69, 9.17) is 0 Å². The summed E-state index contributed by atoms with van der Waals surface area (Å²) in [7, 11) is 0. The van der Waals surface area contributed by atoms with Crippen LogP contribution in [0.1, 0.15) is 26.2 Å². The Morgan fingerprint density at radius 3 is 2.80 bits per heavy atom. The van der Waals surface area contributed by atoms with Gasteiger partial charge < -0.3 is 10.6 Å². The van der Waals surface area contributed by atoms with Gasteiger partial charge in [-0.05, 0) is 31.0 Å². The third-order valence-electron chi connectivity index (χ3n) is 2.42. The molecule has 0 unspecified atom stereocenters. The van der Waals surface area contributed by atoms with Crippen LogP contribution in [0.2, 0.25) is 0 Å². The molecule has 80 valence electrons. The molecule has 0 atom stereocenters. The second-order valence-corrected chi connectivity index (χ2v) is 3.90. The Balaban J connectivity index is 2.00. The molecule has 0 spiro atoms. The van der Waals surface area contributed by atoms with Crippen LogP contribution in [0.5, 0.6) is 0 Å². The molecule has 3 nitrogen and oxygen atoms in total. The molecule has 0 saturated heterocycles. The Hall–Kier alpha value is -1.51. The zero-order valence-corrected chi connectivity index (χ0v) is 8.92. The lowest BCUT2D eigenvalue weighted by Crippen LogP contribution is -2.09. The van der Waals surface area contributed by atoms with E-state index in [1.165, 1.54) is 12.8 Å². The molecule has 0 bridgehead atoms. The summed E-state index contributed by atoms with van der Waals surface area (Å²) in [5, 5.41) is 6.24. The van der Waals surface area contributed by atoms with Gasteiger partial charge in [0.05, 0.1) is 0 Å². The second-order valence-electron chi connectivity index (χ2n) is 3.90. The summed E-state index contributed by atoms with van der Waals surface area (Å²) in [5.41, 5.74) is 1.96. The fourth-order valence-corrected chi connectivity index (χ4v) is 1.40. The number of hydrogen-bond donors (Lipinski definition) is 2. The molecule has 2 N–H and O–H groups in total. The third kappa shape index (κ3) is 2.98. The lowest BCUT2D eigenvalue weighted by atomic mass is 10.2. The minimum atomic E-state index is 0.0542. The Bertz CT molecular complexity index is 358. The largest absolute Gasteiger partial charge is 0.382 e. The van der Waals surface area contributed by atoms with E-state index < -0.39 is 0 Å². The van der Waals surface area contributed by atoms with Gasteiger partial charge in [0.25, 0.3) is 0 Å². The molecule has 3 heteroatoms. The van der Waals surface area contributed by atoms with Gasteiger partial charge in [-0.1, -0.05) is 13.0 Å². The Labute approximate surface area is 89.9 Å². The van der Waals surface area contributed by atoms with Crippen LogP contribution in [0.3, 0.4) is 0 Å². The summed E-state index contributed by atoms with van der Waals surface area (Å²) < 4.78 is 0. The average Bonchev–Trinajstić information content (AvgIpc) is 3.02. The fraction of sp³-hybridized carbons (Fsp3) is 0.417. The maximum absolute atomic E-state index is 11.2. The topological polar surface area (TPSA) is 41.1 Å². The van der Waals surface area contributed by atoms with Crippen molar-refractivity contribution >= 4 is 17.3 Å². The summed E-state index contributed by atoms with van der Waals surface area (Å²) >= 11 is 0. The number of carbonyl (C=O) groups is 1. The fourth-order valence-electron chi connectivity index (χ4n) is 1.40. The van der Waals surface area contributed by atoms with Crippen LogP contribution in [-0.2, 0) is 4.79 Å². The summed E-state index contributed by atoms with van der Waals surface area (Å²) in [5.74, 6) is 0.0542. The maximum Gasteiger partial charge on any atom is 0.224 e. The van der Waals surface area contributed by atoms with Gasteiger partial charge in [-0.3, -0.25) is 4.79 Å². The lowest BCUT2D eigenvalue weighted by Gasteiger charge is -2.07. The number of hydrogen-bond acceptors (Lipinski definition) is 2. The molecule has 1 amide bonds. The Morgan fingerprint density at radius 2 is 2.13 bits per heavy atom. The van der Waals surface area contributed by atoms with Gasteiger partial charge in [0.2, 0.25) is 5.91 Å². The van der Waals surface area contributed by atoms with Crippen LogP contribution in [-0.4, -0.2) is 11.9 Å². The van der Waals surface area contributed by atoms with Gasteiger partial charge >= 0.3 is 0 Å². The maximum atomic E-state index is 11.2. The van der Waals surface area contributed by atoms with Crippen molar-refractivity contribution in [2.75, 3.05) is 10.6 Å². The zero-order valence-electron chi connectivity index (χ0n) is 8.92. The number of rotatable bonds is 4. The van der Waals surface area contributed by atoms with E-state index in [0.717, 1.165) is 11.4 Å².